The molecule has 16 heteroatoms. The molecule has 4 aromatic carbocycles. The van der Waals surface area contributed by atoms with E-state index in [2.05, 4.69) is 15.4 Å². The molecule has 1 N–H and O–H groups in total. The van der Waals surface area contributed by atoms with E-state index in [9.17, 15) is 33.6 Å². The Kier molecular flexibility index (Phi) is 10.3. The van der Waals surface area contributed by atoms with Gasteiger partial charge in [-0.1, -0.05) is 66.7 Å². The van der Waals surface area contributed by atoms with E-state index in [1.807, 2.05) is 0 Å². The van der Waals surface area contributed by atoms with Crippen LogP contribution in [0.25, 0.3) is 0 Å². The molecule has 4 atom stereocenters. The van der Waals surface area contributed by atoms with Crippen LogP contribution in [-0.2, 0) is 23.7 Å². The van der Waals surface area contributed by atoms with Crippen molar-refractivity contribution in [1.29, 1.82) is 0 Å². The van der Waals surface area contributed by atoms with Gasteiger partial charge in [0, 0.05) is 0 Å². The highest BCUT2D eigenvalue weighted by molar-refractivity contribution is 6.22. The quantitative estimate of drug-likeness (QED) is 0.118. The van der Waals surface area contributed by atoms with E-state index in [4.69, 9.17) is 18.9 Å². The predicted molar refractivity (Wildman–Crippen MR) is 189 cm³/mol. The van der Waals surface area contributed by atoms with Gasteiger partial charge in [-0.15, -0.1) is 0 Å². The first-order valence-electron chi connectivity index (χ1n) is 16.8. The van der Waals surface area contributed by atoms with Gasteiger partial charge in [0.1, 0.15) is 19.3 Å². The first kappa shape index (κ1) is 36.0. The van der Waals surface area contributed by atoms with Crippen molar-refractivity contribution in [3.63, 3.8) is 0 Å². The number of benzene rings is 4. The number of aromatic nitrogens is 3. The molecule has 1 saturated heterocycles. The molecule has 1 aromatic heterocycles. The second-order valence-electron chi connectivity index (χ2n) is 12.2. The molecule has 2 aliphatic heterocycles. The predicted octanol–water partition coefficient (Wildman–Crippen LogP) is 3.08. The third-order valence-corrected chi connectivity index (χ3v) is 8.58. The van der Waals surface area contributed by atoms with Crippen molar-refractivity contribution in [1.82, 2.24) is 19.7 Å². The van der Waals surface area contributed by atoms with Gasteiger partial charge < -0.3 is 24.3 Å². The van der Waals surface area contributed by atoms with E-state index in [1.54, 1.807) is 66.7 Å². The van der Waals surface area contributed by atoms with Crippen LogP contribution in [0.15, 0.2) is 126 Å². The molecule has 16 nitrogen and oxygen atoms in total. The molecule has 55 heavy (non-hydrogen) atoms. The number of esters is 3. The number of nitrogens with zero attached hydrogens (tertiary/aromatic N) is 4. The molecule has 0 saturated carbocycles. The number of anilines is 1. The van der Waals surface area contributed by atoms with Gasteiger partial charge >= 0.3 is 23.6 Å². The third-order valence-electron chi connectivity index (χ3n) is 8.58. The van der Waals surface area contributed by atoms with E-state index in [-0.39, 0.29) is 33.6 Å². The molecule has 0 unspecified atom stereocenters. The number of rotatable bonds is 11. The fourth-order valence-corrected chi connectivity index (χ4v) is 5.95. The zero-order valence-electron chi connectivity index (χ0n) is 28.6. The molecule has 0 spiro atoms. The number of carbonyl (C=O) groups excluding carboxylic acids is 6. The van der Waals surface area contributed by atoms with Gasteiger partial charge in [0.25, 0.3) is 11.8 Å². The van der Waals surface area contributed by atoms with Crippen LogP contribution in [0.5, 0.6) is 0 Å². The Bertz CT molecular complexity index is 2300. The van der Waals surface area contributed by atoms with Gasteiger partial charge in [-0.2, -0.15) is 14.8 Å². The standard InChI is InChI=1S/C39H29N5O11/c45-30(21-43-33(46)26-18-10-11-19-27(26)34(43)47)41-29-20-40-44(39(51)42-29)35-32(55-38(50)25-16-8-3-9-17-25)31(54-37(49)24-14-6-2-7-15-24)28(53-35)22-52-36(48)23-12-4-1-5-13-23/h1-20,28,31-32,35H,21-22H2,(H,41,42,45,51)/t28-,31-,32+,35-/m1/s1. The molecule has 3 amide bonds. The summed E-state index contributed by atoms with van der Waals surface area (Å²) in [7, 11) is 0. The van der Waals surface area contributed by atoms with Crippen LogP contribution in [0.3, 0.4) is 0 Å². The summed E-state index contributed by atoms with van der Waals surface area (Å²) in [6.07, 6.45) is -4.91. The van der Waals surface area contributed by atoms with Crippen LogP contribution >= 0.6 is 0 Å². The number of nitrogens with one attached hydrogen (secondary N) is 1. The van der Waals surface area contributed by atoms with Crippen LogP contribution in [0.4, 0.5) is 5.82 Å². The average Bonchev–Trinajstić information content (AvgIpc) is 3.66. The van der Waals surface area contributed by atoms with Crippen molar-refractivity contribution in [2.75, 3.05) is 18.5 Å². The molecule has 5 aromatic rings. The lowest BCUT2D eigenvalue weighted by atomic mass is 10.1. The number of hydrogen-bond donors (Lipinski definition) is 1. The first-order valence-corrected chi connectivity index (χ1v) is 16.8. The average molecular weight is 744 g/mol. The molecule has 0 bridgehead atoms. The minimum atomic E-state index is -1.59. The Morgan fingerprint density at radius 3 is 1.67 bits per heavy atom. The third kappa shape index (κ3) is 7.74. The van der Waals surface area contributed by atoms with E-state index >= 15 is 0 Å². The molecular formula is C39H29N5O11. The van der Waals surface area contributed by atoms with Gasteiger partial charge in [0.05, 0.1) is 34.0 Å². The second kappa shape index (κ2) is 15.7. The monoisotopic (exact) mass is 743 g/mol. The number of imide groups is 1. The van der Waals surface area contributed by atoms with E-state index in [0.29, 0.717) is 4.68 Å². The van der Waals surface area contributed by atoms with Crippen molar-refractivity contribution < 1.29 is 47.7 Å². The number of carbonyl (C=O) groups is 6. The number of hydrogen-bond acceptors (Lipinski definition) is 13. The Morgan fingerprint density at radius 2 is 1.15 bits per heavy atom. The molecule has 7 rings (SSSR count). The summed E-state index contributed by atoms with van der Waals surface area (Å²) in [6.45, 7) is -1.18. The maximum Gasteiger partial charge on any atom is 0.368 e. The van der Waals surface area contributed by atoms with Crippen LogP contribution in [0, 0.1) is 0 Å². The highest BCUT2D eigenvalue weighted by atomic mass is 16.7. The van der Waals surface area contributed by atoms with Crippen LogP contribution in [-0.4, -0.2) is 86.8 Å². The summed E-state index contributed by atoms with van der Waals surface area (Å²) in [4.78, 5) is 96.2. The van der Waals surface area contributed by atoms with Crippen molar-refractivity contribution in [2.45, 2.75) is 24.5 Å². The Balaban J connectivity index is 1.16. The number of ether oxygens (including phenoxy) is 4. The summed E-state index contributed by atoms with van der Waals surface area (Å²) >= 11 is 0. The minimum Gasteiger partial charge on any atom is -0.459 e. The summed E-state index contributed by atoms with van der Waals surface area (Å²) in [6, 6.07) is 30.0. The molecule has 276 valence electrons. The summed E-state index contributed by atoms with van der Waals surface area (Å²) in [5.74, 6) is -4.90. The number of fused-ring (bicyclic) bond motifs is 1. The van der Waals surface area contributed by atoms with Crippen LogP contribution < -0.4 is 11.0 Å². The van der Waals surface area contributed by atoms with Crippen LogP contribution in [0.2, 0.25) is 0 Å². The van der Waals surface area contributed by atoms with E-state index < -0.39 is 79.0 Å². The molecule has 0 radical (unpaired) electrons. The molecular weight excluding hydrogens is 714 g/mol. The fraction of sp³-hybridized carbons (Fsp3) is 0.154. The summed E-state index contributed by atoms with van der Waals surface area (Å²) in [5, 5.41) is 6.45. The number of amides is 3. The maximum absolute atomic E-state index is 13.5. The Hall–Kier alpha value is -7.33. The summed E-state index contributed by atoms with van der Waals surface area (Å²) < 4.78 is 24.1. The molecule has 3 heterocycles. The van der Waals surface area contributed by atoms with Gasteiger partial charge in [-0.3, -0.25) is 19.3 Å². The largest absolute Gasteiger partial charge is 0.459 e. The van der Waals surface area contributed by atoms with Crippen LogP contribution in [0.1, 0.15) is 58.0 Å². The van der Waals surface area contributed by atoms with E-state index in [1.165, 1.54) is 48.5 Å². The van der Waals surface area contributed by atoms with Gasteiger partial charge in [-0.05, 0) is 48.5 Å². The Labute approximate surface area is 311 Å². The SMILES string of the molecule is O=C(CN1C(=O)c2ccccc2C1=O)Nc1cnn([C@@H]2O[C@H](COC(=O)c3ccccc3)[C@@H](OC(=O)c3ccccc3)[C@@H]2OC(=O)c2ccccc2)c(=O)n1. The first-order chi connectivity index (χ1) is 26.7. The highest BCUT2D eigenvalue weighted by Gasteiger charge is 2.52. The lowest BCUT2D eigenvalue weighted by Crippen LogP contribution is -2.43. The van der Waals surface area contributed by atoms with Crippen molar-refractivity contribution >= 4 is 41.4 Å². The minimum absolute atomic E-state index is 0.128. The van der Waals surface area contributed by atoms with Crippen molar-refractivity contribution in [2.24, 2.45) is 0 Å². The van der Waals surface area contributed by atoms with Gasteiger partial charge in [0.2, 0.25) is 5.91 Å². The highest BCUT2D eigenvalue weighted by Crippen LogP contribution is 2.34. The zero-order chi connectivity index (χ0) is 38.5. The molecule has 0 aliphatic carbocycles. The second-order valence-corrected chi connectivity index (χ2v) is 12.2. The topological polar surface area (TPSA) is 202 Å². The Morgan fingerprint density at radius 1 is 0.655 bits per heavy atom. The fourth-order valence-electron chi connectivity index (χ4n) is 5.95. The lowest BCUT2D eigenvalue weighted by Gasteiger charge is -2.24. The smallest absolute Gasteiger partial charge is 0.368 e. The van der Waals surface area contributed by atoms with E-state index in [0.717, 1.165) is 11.1 Å². The summed E-state index contributed by atoms with van der Waals surface area (Å²) in [5.41, 5.74) is -0.283. The zero-order valence-corrected chi connectivity index (χ0v) is 28.6. The van der Waals surface area contributed by atoms with Gasteiger partial charge in [0.15, 0.2) is 24.3 Å². The van der Waals surface area contributed by atoms with Crippen molar-refractivity contribution in [3.05, 3.63) is 160 Å². The molecule has 1 fully saturated rings. The molecule has 2 aliphatic rings. The normalized spacial score (nSPS) is 18.7. The maximum atomic E-state index is 13.5. The lowest BCUT2D eigenvalue weighted by molar-refractivity contribution is -0.116. The van der Waals surface area contributed by atoms with Crippen molar-refractivity contribution in [3.8, 4) is 0 Å². The van der Waals surface area contributed by atoms with Gasteiger partial charge in [-0.25, -0.2) is 19.2 Å².